The molecule has 0 aromatic carbocycles. The van der Waals surface area contributed by atoms with Gasteiger partial charge in [-0.2, -0.15) is 0 Å². The summed E-state index contributed by atoms with van der Waals surface area (Å²) < 4.78 is 5.56. The second-order valence-corrected chi connectivity index (χ2v) is 7.17. The van der Waals surface area contributed by atoms with Crippen LogP contribution in [0, 0.1) is 0 Å². The molecule has 0 bridgehead atoms. The van der Waals surface area contributed by atoms with Crippen LogP contribution in [0.2, 0.25) is 0 Å². The van der Waals surface area contributed by atoms with Gasteiger partial charge in [-0.15, -0.1) is 0 Å². The molecule has 1 amide bonds. The summed E-state index contributed by atoms with van der Waals surface area (Å²) in [5, 5.41) is 9.74. The van der Waals surface area contributed by atoms with Gasteiger partial charge in [0.2, 0.25) is 0 Å². The maximum atomic E-state index is 12.7. The summed E-state index contributed by atoms with van der Waals surface area (Å²) in [4.78, 5) is 25.9. The van der Waals surface area contributed by atoms with Gasteiger partial charge in [-0.25, -0.2) is 9.97 Å². The van der Waals surface area contributed by atoms with E-state index in [0.29, 0.717) is 19.7 Å². The first-order valence-corrected chi connectivity index (χ1v) is 9.38. The minimum atomic E-state index is -0.254. The normalized spacial score (nSPS) is 24.9. The van der Waals surface area contributed by atoms with Crippen LogP contribution in [0.25, 0.3) is 0 Å². The van der Waals surface area contributed by atoms with Crippen LogP contribution in [0.15, 0.2) is 6.33 Å². The first-order valence-electron chi connectivity index (χ1n) is 9.38. The molecular formula is C18H26N4O3. The molecule has 25 heavy (non-hydrogen) atoms. The van der Waals surface area contributed by atoms with Crippen molar-refractivity contribution in [2.45, 2.75) is 50.7 Å². The highest BCUT2D eigenvalue weighted by atomic mass is 16.5. The third-order valence-electron chi connectivity index (χ3n) is 5.54. The molecule has 0 spiro atoms. The Hall–Kier alpha value is -1.73. The molecule has 7 heteroatoms. The molecule has 136 valence electrons. The monoisotopic (exact) mass is 346 g/mol. The largest absolute Gasteiger partial charge is 0.393 e. The Labute approximate surface area is 148 Å². The molecule has 0 aliphatic carbocycles. The van der Waals surface area contributed by atoms with Crippen LogP contribution in [0.3, 0.4) is 0 Å². The van der Waals surface area contributed by atoms with Crippen molar-refractivity contribution >= 4 is 11.7 Å². The molecule has 2 saturated heterocycles. The highest BCUT2D eigenvalue weighted by Gasteiger charge is 2.31. The van der Waals surface area contributed by atoms with E-state index in [9.17, 15) is 9.90 Å². The number of anilines is 1. The lowest BCUT2D eigenvalue weighted by atomic mass is 10.1. The average Bonchev–Trinajstić information content (AvgIpc) is 3.08. The number of fused-ring (bicyclic) bond motifs is 1. The van der Waals surface area contributed by atoms with Gasteiger partial charge in [0.15, 0.2) is 0 Å². The quantitative estimate of drug-likeness (QED) is 0.842. The minimum Gasteiger partial charge on any atom is -0.393 e. The predicted molar refractivity (Wildman–Crippen MR) is 92.4 cm³/mol. The summed E-state index contributed by atoms with van der Waals surface area (Å²) >= 11 is 0. The fourth-order valence-electron chi connectivity index (χ4n) is 4.06. The minimum absolute atomic E-state index is 0.126. The number of hydrogen-bond acceptors (Lipinski definition) is 6. The first-order chi connectivity index (χ1) is 12.2. The Bertz CT molecular complexity index is 625. The summed E-state index contributed by atoms with van der Waals surface area (Å²) in [5.41, 5.74) is 2.22. The summed E-state index contributed by atoms with van der Waals surface area (Å²) in [6, 6.07) is 0. The van der Waals surface area contributed by atoms with E-state index in [1.54, 1.807) is 6.33 Å². The highest BCUT2D eigenvalue weighted by Crippen LogP contribution is 2.27. The number of carbonyl (C=O) groups excluding carboxylic acids is 1. The van der Waals surface area contributed by atoms with Gasteiger partial charge < -0.3 is 19.6 Å². The molecule has 0 unspecified atom stereocenters. The topological polar surface area (TPSA) is 78.8 Å². The number of aliphatic hydroxyl groups is 1. The Morgan fingerprint density at radius 1 is 1.12 bits per heavy atom. The van der Waals surface area contributed by atoms with Gasteiger partial charge in [-0.05, 0) is 32.1 Å². The fourth-order valence-corrected chi connectivity index (χ4v) is 4.06. The molecule has 1 atom stereocenters. The fraction of sp³-hybridized carbons (Fsp3) is 0.722. The summed E-state index contributed by atoms with van der Waals surface area (Å²) in [7, 11) is 0. The van der Waals surface area contributed by atoms with Crippen LogP contribution in [-0.4, -0.2) is 70.9 Å². The van der Waals surface area contributed by atoms with E-state index in [1.165, 1.54) is 5.56 Å². The smallest absolute Gasteiger partial charge is 0.251 e. The number of nitrogens with zero attached hydrogens (tertiary/aromatic N) is 4. The van der Waals surface area contributed by atoms with E-state index >= 15 is 0 Å². The lowest BCUT2D eigenvalue weighted by molar-refractivity contribution is -0.140. The Morgan fingerprint density at radius 3 is 2.68 bits per heavy atom. The van der Waals surface area contributed by atoms with Gasteiger partial charge in [0.25, 0.3) is 5.91 Å². The zero-order valence-electron chi connectivity index (χ0n) is 14.6. The predicted octanol–water partition coefficient (Wildman–Crippen LogP) is 0.544. The molecule has 4 rings (SSSR count). The Balaban J connectivity index is 1.49. The van der Waals surface area contributed by atoms with E-state index in [2.05, 4.69) is 14.9 Å². The highest BCUT2D eigenvalue weighted by molar-refractivity contribution is 5.81. The third-order valence-corrected chi connectivity index (χ3v) is 5.54. The number of carbonyl (C=O) groups is 1. The molecule has 0 radical (unpaired) electrons. The van der Waals surface area contributed by atoms with E-state index in [-0.39, 0.29) is 18.1 Å². The third kappa shape index (κ3) is 3.48. The van der Waals surface area contributed by atoms with Gasteiger partial charge >= 0.3 is 0 Å². The van der Waals surface area contributed by atoms with E-state index in [4.69, 9.17) is 4.74 Å². The molecule has 1 aromatic rings. The van der Waals surface area contributed by atoms with Crippen LogP contribution in [0.5, 0.6) is 0 Å². The van der Waals surface area contributed by atoms with E-state index < -0.39 is 0 Å². The SMILES string of the molecule is O=C([C@@H]1CCCO1)N1CCc2ncnc(N3CCC(O)CC3)c2CC1. The van der Waals surface area contributed by atoms with Gasteiger partial charge in [0.05, 0.1) is 11.8 Å². The van der Waals surface area contributed by atoms with Crippen LogP contribution in [-0.2, 0) is 22.4 Å². The standard InChI is InChI=1S/C18H26N4O3/c23-13-3-7-21(8-4-13)17-14-5-9-22(10-6-15(14)19-12-20-17)18(24)16-2-1-11-25-16/h12-13,16,23H,1-11H2/t16-/m0/s1. The van der Waals surface area contributed by atoms with Crippen molar-refractivity contribution in [1.82, 2.24) is 14.9 Å². The lowest BCUT2D eigenvalue weighted by Gasteiger charge is -2.32. The van der Waals surface area contributed by atoms with Crippen LogP contribution >= 0.6 is 0 Å². The maximum Gasteiger partial charge on any atom is 0.251 e. The number of aromatic nitrogens is 2. The zero-order chi connectivity index (χ0) is 17.2. The van der Waals surface area contributed by atoms with Gasteiger partial charge in [-0.1, -0.05) is 0 Å². The second kappa shape index (κ2) is 7.25. The van der Waals surface area contributed by atoms with Crippen molar-refractivity contribution in [3.63, 3.8) is 0 Å². The maximum absolute atomic E-state index is 12.7. The molecule has 2 fully saturated rings. The van der Waals surface area contributed by atoms with Crippen molar-refractivity contribution in [2.24, 2.45) is 0 Å². The Morgan fingerprint density at radius 2 is 1.92 bits per heavy atom. The average molecular weight is 346 g/mol. The Kier molecular flexibility index (Phi) is 4.85. The summed E-state index contributed by atoms with van der Waals surface area (Å²) in [6.45, 7) is 3.73. The van der Waals surface area contributed by atoms with Crippen LogP contribution < -0.4 is 4.90 Å². The molecular weight excluding hydrogens is 320 g/mol. The number of ether oxygens (including phenoxy) is 1. The summed E-state index contributed by atoms with van der Waals surface area (Å²) in [5.74, 6) is 1.12. The van der Waals surface area contributed by atoms with Crippen molar-refractivity contribution in [1.29, 1.82) is 0 Å². The van der Waals surface area contributed by atoms with Crippen LogP contribution in [0.1, 0.15) is 36.9 Å². The van der Waals surface area contributed by atoms with E-state index in [1.807, 2.05) is 4.90 Å². The van der Waals surface area contributed by atoms with Crippen molar-refractivity contribution in [3.8, 4) is 0 Å². The molecule has 1 aromatic heterocycles. The van der Waals surface area contributed by atoms with Crippen molar-refractivity contribution in [3.05, 3.63) is 17.6 Å². The number of hydrogen-bond donors (Lipinski definition) is 1. The van der Waals surface area contributed by atoms with Gasteiger partial charge in [-0.3, -0.25) is 4.79 Å². The number of piperidine rings is 1. The lowest BCUT2D eigenvalue weighted by Crippen LogP contribution is -2.40. The molecule has 4 heterocycles. The van der Waals surface area contributed by atoms with Gasteiger partial charge in [0.1, 0.15) is 18.2 Å². The number of amides is 1. The van der Waals surface area contributed by atoms with Crippen molar-refractivity contribution in [2.75, 3.05) is 37.7 Å². The zero-order valence-corrected chi connectivity index (χ0v) is 14.6. The first kappa shape index (κ1) is 16.7. The van der Waals surface area contributed by atoms with Crippen molar-refractivity contribution < 1.29 is 14.6 Å². The van der Waals surface area contributed by atoms with E-state index in [0.717, 1.165) is 63.1 Å². The molecule has 7 nitrogen and oxygen atoms in total. The molecule has 3 aliphatic heterocycles. The number of aliphatic hydroxyl groups excluding tert-OH is 1. The molecule has 0 saturated carbocycles. The second-order valence-electron chi connectivity index (χ2n) is 7.17. The number of rotatable bonds is 2. The molecule has 3 aliphatic rings. The molecule has 1 N–H and O–H groups in total. The van der Waals surface area contributed by atoms with Gasteiger partial charge in [0, 0.05) is 44.8 Å². The summed E-state index contributed by atoms with van der Waals surface area (Å²) in [6.07, 6.45) is 6.10. The van der Waals surface area contributed by atoms with Crippen LogP contribution in [0.4, 0.5) is 5.82 Å².